The molecule has 0 aliphatic rings. The van der Waals surface area contributed by atoms with Crippen molar-refractivity contribution in [2.24, 2.45) is 0 Å². The maximum Gasteiger partial charge on any atom is 0.306 e. The Morgan fingerprint density at radius 1 is 0.318 bits per heavy atom. The van der Waals surface area contributed by atoms with Crippen LogP contribution in [-0.2, 0) is 28.6 Å². The number of hydrogen-bond donors (Lipinski definition) is 0. The lowest BCUT2D eigenvalue weighted by Crippen LogP contribution is -2.30. The summed E-state index contributed by atoms with van der Waals surface area (Å²) in [6.45, 7) is 6.42. The number of carbonyl (C=O) groups excluding carboxylic acids is 3. The molecule has 0 bridgehead atoms. The summed E-state index contributed by atoms with van der Waals surface area (Å²) in [7, 11) is 0. The minimum atomic E-state index is -0.812. The van der Waals surface area contributed by atoms with Gasteiger partial charge in [0.1, 0.15) is 13.2 Å². The van der Waals surface area contributed by atoms with Crippen molar-refractivity contribution in [3.8, 4) is 0 Å². The molecular weight excluding hydrogens is 817 g/mol. The van der Waals surface area contributed by atoms with E-state index in [1.54, 1.807) is 0 Å². The fourth-order valence-electron chi connectivity index (χ4n) is 7.33. The number of unbranched alkanes of at least 4 members (excludes halogenated alkanes) is 26. The second-order valence-corrected chi connectivity index (χ2v) is 17.9. The van der Waals surface area contributed by atoms with Gasteiger partial charge in [-0.3, -0.25) is 14.4 Å². The van der Waals surface area contributed by atoms with E-state index in [2.05, 4.69) is 69.4 Å². The highest BCUT2D eigenvalue weighted by molar-refractivity contribution is 5.71. The third kappa shape index (κ3) is 51.3. The van der Waals surface area contributed by atoms with Gasteiger partial charge in [-0.2, -0.15) is 0 Å². The molecule has 0 amide bonds. The molecular formula is C60H100O6. The molecule has 0 fully saturated rings. The highest BCUT2D eigenvalue weighted by atomic mass is 16.6. The van der Waals surface area contributed by atoms with Crippen molar-refractivity contribution in [2.45, 2.75) is 252 Å². The molecule has 0 heterocycles. The molecule has 66 heavy (non-hydrogen) atoms. The highest BCUT2D eigenvalue weighted by Crippen LogP contribution is 2.14. The summed E-state index contributed by atoms with van der Waals surface area (Å²) in [5.74, 6) is -0.979. The standard InChI is InChI=1S/C60H100O6/c1-4-7-10-13-16-19-22-25-28-30-33-35-38-41-44-47-50-53-59(62)65-56-57(55-64-58(61)52-49-46-43-40-37-34-31-27-24-21-18-15-12-9-6-3)66-60(63)54-51-48-45-42-39-36-32-29-26-23-20-17-14-11-8-5-2/h9,12,15,18,21,24-25,27-29,31-32,34,36-37,39,57H,4-8,10-11,13-14,16-17,19-20,22-23,26,30,33,35,38,40-56H2,1-3H3/b12-9-,18-15-,24-21-,28-25-,31-27-,32-29-,37-34-,39-36-. The van der Waals surface area contributed by atoms with Crippen LogP contribution in [0.25, 0.3) is 0 Å². The normalized spacial score (nSPS) is 12.8. The Balaban J connectivity index is 4.51. The molecule has 0 saturated heterocycles. The number of allylic oxidation sites excluding steroid dienone is 16. The van der Waals surface area contributed by atoms with Gasteiger partial charge >= 0.3 is 17.9 Å². The molecule has 0 aromatic carbocycles. The minimum absolute atomic E-state index is 0.105. The summed E-state index contributed by atoms with van der Waals surface area (Å²) in [6.07, 6.45) is 71.1. The van der Waals surface area contributed by atoms with Gasteiger partial charge in [0.15, 0.2) is 6.10 Å². The van der Waals surface area contributed by atoms with Gasteiger partial charge < -0.3 is 14.2 Å². The van der Waals surface area contributed by atoms with Gasteiger partial charge in [0.2, 0.25) is 0 Å². The second-order valence-electron chi connectivity index (χ2n) is 17.9. The van der Waals surface area contributed by atoms with Crippen LogP contribution in [0.4, 0.5) is 0 Å². The molecule has 1 unspecified atom stereocenters. The van der Waals surface area contributed by atoms with Crippen LogP contribution in [0.1, 0.15) is 245 Å². The van der Waals surface area contributed by atoms with Crippen LogP contribution < -0.4 is 0 Å². The molecule has 376 valence electrons. The Kier molecular flexibility index (Phi) is 50.9. The average Bonchev–Trinajstić information content (AvgIpc) is 3.31. The van der Waals surface area contributed by atoms with E-state index in [9.17, 15) is 14.4 Å². The summed E-state index contributed by atoms with van der Waals surface area (Å²) < 4.78 is 16.8. The minimum Gasteiger partial charge on any atom is -0.462 e. The zero-order valence-electron chi connectivity index (χ0n) is 42.9. The van der Waals surface area contributed by atoms with Crippen molar-refractivity contribution < 1.29 is 28.6 Å². The molecule has 0 spiro atoms. The van der Waals surface area contributed by atoms with E-state index < -0.39 is 6.10 Å². The summed E-state index contributed by atoms with van der Waals surface area (Å²) in [5, 5.41) is 0. The molecule has 6 nitrogen and oxygen atoms in total. The molecule has 0 saturated carbocycles. The van der Waals surface area contributed by atoms with Crippen molar-refractivity contribution in [1.82, 2.24) is 0 Å². The van der Waals surface area contributed by atoms with E-state index in [4.69, 9.17) is 14.2 Å². The Morgan fingerprint density at radius 2 is 0.606 bits per heavy atom. The maximum absolute atomic E-state index is 12.8. The van der Waals surface area contributed by atoms with Crippen LogP contribution in [0.2, 0.25) is 0 Å². The molecule has 1 atom stereocenters. The summed E-state index contributed by atoms with van der Waals surface area (Å²) in [5.41, 5.74) is 0. The Morgan fingerprint density at radius 3 is 1.00 bits per heavy atom. The van der Waals surface area contributed by atoms with E-state index in [0.29, 0.717) is 12.8 Å². The molecule has 0 aliphatic heterocycles. The quantitative estimate of drug-likeness (QED) is 0.0199. The van der Waals surface area contributed by atoms with Crippen molar-refractivity contribution >= 4 is 17.9 Å². The third-order valence-corrected chi connectivity index (χ3v) is 11.4. The topological polar surface area (TPSA) is 78.9 Å². The fourth-order valence-corrected chi connectivity index (χ4v) is 7.33. The number of hydrogen-bond acceptors (Lipinski definition) is 6. The lowest BCUT2D eigenvalue weighted by molar-refractivity contribution is -0.167. The van der Waals surface area contributed by atoms with Crippen molar-refractivity contribution in [3.05, 3.63) is 97.2 Å². The van der Waals surface area contributed by atoms with Gasteiger partial charge in [-0.15, -0.1) is 0 Å². The second kappa shape index (κ2) is 53.9. The Hall–Kier alpha value is -3.67. The first-order valence-electron chi connectivity index (χ1n) is 27.3. The molecule has 0 radical (unpaired) electrons. The summed E-state index contributed by atoms with van der Waals surface area (Å²) in [6, 6.07) is 0. The smallest absolute Gasteiger partial charge is 0.306 e. The molecule has 0 aromatic rings. The molecule has 0 N–H and O–H groups in total. The summed E-state index contributed by atoms with van der Waals surface area (Å²) in [4.78, 5) is 38.1. The third-order valence-electron chi connectivity index (χ3n) is 11.4. The van der Waals surface area contributed by atoms with Crippen LogP contribution in [0, 0.1) is 0 Å². The molecule has 0 aromatic heterocycles. The number of carbonyl (C=O) groups is 3. The lowest BCUT2D eigenvalue weighted by atomic mass is 10.1. The number of esters is 3. The fraction of sp³-hybridized carbons (Fsp3) is 0.683. The zero-order valence-corrected chi connectivity index (χ0v) is 42.9. The SMILES string of the molecule is CC\C=C/C=C\C=C/C=C\C=C/CCCCCC(=O)OCC(COC(=O)CCCCCCCCC/C=C\CCCCCCCC)OC(=O)CCCCC/C=C\C=C/CCCCCCCCC. The monoisotopic (exact) mass is 917 g/mol. The van der Waals surface area contributed by atoms with Crippen molar-refractivity contribution in [2.75, 3.05) is 13.2 Å². The van der Waals surface area contributed by atoms with Gasteiger partial charge in [-0.1, -0.05) is 234 Å². The first-order chi connectivity index (χ1) is 32.5. The van der Waals surface area contributed by atoms with Gasteiger partial charge in [0.05, 0.1) is 0 Å². The zero-order chi connectivity index (χ0) is 47.9. The average molecular weight is 917 g/mol. The van der Waals surface area contributed by atoms with Gasteiger partial charge in [0, 0.05) is 19.3 Å². The molecule has 0 rings (SSSR count). The highest BCUT2D eigenvalue weighted by Gasteiger charge is 2.19. The first-order valence-corrected chi connectivity index (χ1v) is 27.3. The lowest BCUT2D eigenvalue weighted by Gasteiger charge is -2.18. The van der Waals surface area contributed by atoms with E-state index >= 15 is 0 Å². The summed E-state index contributed by atoms with van der Waals surface area (Å²) >= 11 is 0. The number of ether oxygens (including phenoxy) is 3. The number of rotatable bonds is 48. The van der Waals surface area contributed by atoms with Crippen LogP contribution in [0.15, 0.2) is 97.2 Å². The van der Waals surface area contributed by atoms with Crippen LogP contribution in [0.3, 0.4) is 0 Å². The van der Waals surface area contributed by atoms with E-state index in [-0.39, 0.29) is 37.5 Å². The predicted molar refractivity (Wildman–Crippen MR) is 284 cm³/mol. The first kappa shape index (κ1) is 62.3. The Labute approximate surface area is 407 Å². The Bertz CT molecular complexity index is 1330. The van der Waals surface area contributed by atoms with Crippen molar-refractivity contribution in [3.63, 3.8) is 0 Å². The van der Waals surface area contributed by atoms with Gasteiger partial charge in [0.25, 0.3) is 0 Å². The predicted octanol–water partition coefficient (Wildman–Crippen LogP) is 18.1. The largest absolute Gasteiger partial charge is 0.462 e. The van der Waals surface area contributed by atoms with Gasteiger partial charge in [-0.25, -0.2) is 0 Å². The van der Waals surface area contributed by atoms with Crippen LogP contribution >= 0.6 is 0 Å². The van der Waals surface area contributed by atoms with Crippen molar-refractivity contribution in [1.29, 1.82) is 0 Å². The molecule has 0 aliphatic carbocycles. The van der Waals surface area contributed by atoms with Crippen LogP contribution in [0.5, 0.6) is 0 Å². The van der Waals surface area contributed by atoms with Crippen LogP contribution in [-0.4, -0.2) is 37.2 Å². The molecule has 6 heteroatoms. The van der Waals surface area contributed by atoms with E-state index in [1.165, 1.54) is 122 Å². The van der Waals surface area contributed by atoms with E-state index in [1.807, 2.05) is 48.6 Å². The van der Waals surface area contributed by atoms with Gasteiger partial charge in [-0.05, 0) is 89.9 Å². The van der Waals surface area contributed by atoms with E-state index in [0.717, 1.165) is 83.5 Å². The maximum atomic E-state index is 12.8.